The Kier molecular flexibility index (Phi) is 4.51. The van der Waals surface area contributed by atoms with E-state index in [0.29, 0.717) is 18.1 Å². The van der Waals surface area contributed by atoms with Crippen LogP contribution in [0.15, 0.2) is 77.6 Å². The molecular weight excluding hydrogens is 330 g/mol. The summed E-state index contributed by atoms with van der Waals surface area (Å²) in [5, 5.41) is 11.1. The van der Waals surface area contributed by atoms with Gasteiger partial charge in [-0.15, -0.1) is 5.10 Å². The predicted octanol–water partition coefficient (Wildman–Crippen LogP) is 3.85. The number of anilines is 2. The maximum atomic E-state index is 5.87. The van der Waals surface area contributed by atoms with Crippen molar-refractivity contribution in [3.8, 4) is 17.3 Å². The summed E-state index contributed by atoms with van der Waals surface area (Å²) in [6.45, 7) is 0.393. The van der Waals surface area contributed by atoms with E-state index in [-0.39, 0.29) is 11.9 Å². The highest BCUT2D eigenvalue weighted by molar-refractivity contribution is 5.59. The van der Waals surface area contributed by atoms with Crippen molar-refractivity contribution < 1.29 is 9.15 Å². The van der Waals surface area contributed by atoms with Gasteiger partial charge in [-0.3, -0.25) is 4.98 Å². The Balaban J connectivity index is 1.53. The zero-order valence-electron chi connectivity index (χ0n) is 13.7. The first-order chi connectivity index (χ1) is 12.9. The van der Waals surface area contributed by atoms with Gasteiger partial charge in [-0.1, -0.05) is 23.3 Å². The van der Waals surface area contributed by atoms with Crippen LogP contribution in [-0.2, 0) is 6.61 Å². The average Bonchev–Trinajstić information content (AvgIpc) is 3.16. The number of hydrogen-bond acceptors (Lipinski definition) is 7. The summed E-state index contributed by atoms with van der Waals surface area (Å²) in [5.41, 5.74) is 2.36. The van der Waals surface area contributed by atoms with Crippen molar-refractivity contribution in [1.82, 2.24) is 20.2 Å². The quantitative estimate of drug-likeness (QED) is 0.568. The van der Waals surface area contributed by atoms with Gasteiger partial charge in [0, 0.05) is 24.3 Å². The lowest BCUT2D eigenvalue weighted by molar-refractivity contribution is 0.305. The Morgan fingerprint density at radius 3 is 2.58 bits per heavy atom. The van der Waals surface area contributed by atoms with E-state index in [2.05, 4.69) is 25.5 Å². The van der Waals surface area contributed by atoms with Crippen LogP contribution < -0.4 is 10.1 Å². The topological polar surface area (TPSA) is 86.0 Å². The third-order valence-electron chi connectivity index (χ3n) is 3.57. The molecular formula is C19H15N5O2. The molecule has 4 rings (SSSR count). The smallest absolute Gasteiger partial charge is 0.320 e. The van der Waals surface area contributed by atoms with E-state index in [1.807, 2.05) is 48.5 Å². The molecule has 0 atom stereocenters. The molecule has 0 radical (unpaired) electrons. The van der Waals surface area contributed by atoms with E-state index in [1.165, 1.54) is 0 Å². The molecule has 3 heterocycles. The number of para-hydroxylation sites is 1. The van der Waals surface area contributed by atoms with Gasteiger partial charge in [0.2, 0.25) is 0 Å². The van der Waals surface area contributed by atoms with E-state index in [1.54, 1.807) is 24.7 Å². The van der Waals surface area contributed by atoms with Crippen molar-refractivity contribution in [2.45, 2.75) is 6.61 Å². The lowest BCUT2D eigenvalue weighted by Crippen LogP contribution is -1.98. The number of aromatic nitrogens is 4. The van der Waals surface area contributed by atoms with Crippen LogP contribution in [0, 0.1) is 0 Å². The fourth-order valence-corrected chi connectivity index (χ4v) is 2.32. The summed E-state index contributed by atoms with van der Waals surface area (Å²) in [6.07, 6.45) is 5.11. The van der Waals surface area contributed by atoms with Crippen LogP contribution in [0.1, 0.15) is 5.56 Å². The Labute approximate surface area is 149 Å². The highest BCUT2D eigenvalue weighted by Gasteiger charge is 2.15. The van der Waals surface area contributed by atoms with Crippen molar-refractivity contribution in [2.24, 2.45) is 0 Å². The molecule has 7 nitrogen and oxygen atoms in total. The van der Waals surface area contributed by atoms with E-state index < -0.39 is 0 Å². The molecule has 4 aromatic rings. The summed E-state index contributed by atoms with van der Waals surface area (Å²) >= 11 is 0. The van der Waals surface area contributed by atoms with Crippen molar-refractivity contribution in [3.05, 3.63) is 78.8 Å². The molecule has 0 saturated carbocycles. The summed E-state index contributed by atoms with van der Waals surface area (Å²) < 4.78 is 11.5. The first kappa shape index (κ1) is 15.8. The molecule has 7 heteroatoms. The third-order valence-corrected chi connectivity index (χ3v) is 3.57. The van der Waals surface area contributed by atoms with Gasteiger partial charge < -0.3 is 14.5 Å². The number of nitrogens with one attached hydrogen (secondary N) is 1. The van der Waals surface area contributed by atoms with E-state index in [4.69, 9.17) is 9.15 Å². The van der Waals surface area contributed by atoms with Gasteiger partial charge in [-0.25, -0.2) is 4.98 Å². The van der Waals surface area contributed by atoms with Crippen LogP contribution in [0.2, 0.25) is 0 Å². The van der Waals surface area contributed by atoms with E-state index in [9.17, 15) is 0 Å². The molecule has 0 saturated heterocycles. The van der Waals surface area contributed by atoms with Crippen LogP contribution in [0.3, 0.4) is 0 Å². The van der Waals surface area contributed by atoms with Gasteiger partial charge >= 0.3 is 6.01 Å². The Bertz CT molecular complexity index is 973. The second kappa shape index (κ2) is 7.43. The maximum Gasteiger partial charge on any atom is 0.320 e. The first-order valence-electron chi connectivity index (χ1n) is 8.01. The second-order valence-electron chi connectivity index (χ2n) is 5.40. The molecule has 0 aliphatic carbocycles. The fraction of sp³-hybridized carbons (Fsp3) is 0.0526. The molecule has 0 spiro atoms. The van der Waals surface area contributed by atoms with Gasteiger partial charge in [0.25, 0.3) is 5.89 Å². The number of benzene rings is 1. The van der Waals surface area contributed by atoms with Crippen molar-refractivity contribution in [3.63, 3.8) is 0 Å². The zero-order chi connectivity index (χ0) is 17.6. The summed E-state index contributed by atoms with van der Waals surface area (Å²) in [7, 11) is 0. The standard InChI is InChI=1S/C19H15N5O2/c1-2-5-15(6-3-1)22-19-24-23-18(26-19)17-16(7-4-10-21-17)25-13-14-8-11-20-12-9-14/h1-12H,13H2,(H,22,24). The van der Waals surface area contributed by atoms with Crippen LogP contribution in [0.25, 0.3) is 11.6 Å². The number of ether oxygens (including phenoxy) is 1. The SMILES string of the molecule is c1ccc(Nc2nnc(-c3ncccc3OCc3ccncc3)o2)cc1. The highest BCUT2D eigenvalue weighted by Crippen LogP contribution is 2.28. The summed E-state index contributed by atoms with van der Waals surface area (Å²) in [4.78, 5) is 8.31. The van der Waals surface area contributed by atoms with Crippen molar-refractivity contribution >= 4 is 11.7 Å². The number of pyridine rings is 2. The lowest BCUT2D eigenvalue weighted by Gasteiger charge is -2.08. The Morgan fingerprint density at radius 1 is 0.885 bits per heavy atom. The predicted molar refractivity (Wildman–Crippen MR) is 95.8 cm³/mol. The number of rotatable bonds is 6. The highest BCUT2D eigenvalue weighted by atomic mass is 16.5. The van der Waals surface area contributed by atoms with Crippen molar-refractivity contribution in [2.75, 3.05) is 5.32 Å². The van der Waals surface area contributed by atoms with E-state index in [0.717, 1.165) is 11.3 Å². The summed E-state index contributed by atoms with van der Waals surface area (Å²) in [5.74, 6) is 0.855. The molecule has 0 amide bonds. The van der Waals surface area contributed by atoms with Crippen LogP contribution in [0.5, 0.6) is 5.75 Å². The molecule has 128 valence electrons. The van der Waals surface area contributed by atoms with Gasteiger partial charge in [0.05, 0.1) is 0 Å². The minimum Gasteiger partial charge on any atom is -0.486 e. The average molecular weight is 345 g/mol. The Hall–Kier alpha value is -3.74. The lowest BCUT2D eigenvalue weighted by atomic mass is 10.3. The second-order valence-corrected chi connectivity index (χ2v) is 5.40. The molecule has 0 unspecified atom stereocenters. The first-order valence-corrected chi connectivity index (χ1v) is 8.01. The monoisotopic (exact) mass is 345 g/mol. The minimum atomic E-state index is 0.286. The molecule has 0 fully saturated rings. The van der Waals surface area contributed by atoms with Crippen LogP contribution >= 0.6 is 0 Å². The molecule has 26 heavy (non-hydrogen) atoms. The number of hydrogen-bond donors (Lipinski definition) is 1. The fourth-order valence-electron chi connectivity index (χ4n) is 2.32. The van der Waals surface area contributed by atoms with Crippen LogP contribution in [-0.4, -0.2) is 20.2 Å². The molecule has 1 N–H and O–H groups in total. The van der Waals surface area contributed by atoms with Gasteiger partial charge in [-0.2, -0.15) is 0 Å². The van der Waals surface area contributed by atoms with Crippen LogP contribution in [0.4, 0.5) is 11.7 Å². The number of nitrogens with zero attached hydrogens (tertiary/aromatic N) is 4. The molecule has 0 aliphatic heterocycles. The van der Waals surface area contributed by atoms with Gasteiger partial charge in [-0.05, 0) is 42.0 Å². The molecule has 0 aliphatic rings. The largest absolute Gasteiger partial charge is 0.486 e. The molecule has 0 bridgehead atoms. The van der Waals surface area contributed by atoms with E-state index >= 15 is 0 Å². The summed E-state index contributed by atoms with van der Waals surface area (Å²) in [6, 6.07) is 17.3. The van der Waals surface area contributed by atoms with Gasteiger partial charge in [0.15, 0.2) is 11.4 Å². The third kappa shape index (κ3) is 3.67. The molecule has 3 aromatic heterocycles. The Morgan fingerprint density at radius 2 is 1.73 bits per heavy atom. The minimum absolute atomic E-state index is 0.286. The van der Waals surface area contributed by atoms with Gasteiger partial charge in [0.1, 0.15) is 6.61 Å². The zero-order valence-corrected chi connectivity index (χ0v) is 13.7. The normalized spacial score (nSPS) is 10.5. The maximum absolute atomic E-state index is 5.87. The van der Waals surface area contributed by atoms with Crippen molar-refractivity contribution in [1.29, 1.82) is 0 Å². The molecule has 1 aromatic carbocycles.